The first-order chi connectivity index (χ1) is 12.1. The maximum absolute atomic E-state index is 12.1. The summed E-state index contributed by atoms with van der Waals surface area (Å²) in [5.41, 5.74) is 10.2. The number of nitrogens with two attached hydrogens (primary N) is 1. The van der Waals surface area contributed by atoms with Crippen molar-refractivity contribution in [1.82, 2.24) is 4.57 Å². The largest absolute Gasteiger partial charge is 0.454 e. The standard InChI is InChI=1S/C19H18N2O3S/c1-11-17(16-4-3-7-25-16)18(19(20)22)12(2)21(11)9-13-5-6-14-15(8-13)24-10-23-14/h3-8H,9-10H2,1-2H3,(H2,20,22). The second-order valence-corrected chi connectivity index (χ2v) is 6.98. The van der Waals surface area contributed by atoms with Crippen molar-refractivity contribution in [3.8, 4) is 21.9 Å². The number of benzene rings is 1. The lowest BCUT2D eigenvalue weighted by molar-refractivity contribution is 0.1000. The third kappa shape index (κ3) is 2.59. The number of carbonyl (C=O) groups is 1. The van der Waals surface area contributed by atoms with Gasteiger partial charge in [0.15, 0.2) is 11.5 Å². The maximum Gasteiger partial charge on any atom is 0.251 e. The van der Waals surface area contributed by atoms with Crippen molar-refractivity contribution in [1.29, 1.82) is 0 Å². The zero-order chi connectivity index (χ0) is 17.6. The fraction of sp³-hybridized carbons (Fsp3) is 0.211. The van der Waals surface area contributed by atoms with Gasteiger partial charge >= 0.3 is 0 Å². The Kier molecular flexibility index (Phi) is 3.77. The second-order valence-electron chi connectivity index (χ2n) is 6.04. The van der Waals surface area contributed by atoms with Gasteiger partial charge in [-0.2, -0.15) is 0 Å². The normalized spacial score (nSPS) is 12.6. The van der Waals surface area contributed by atoms with Crippen molar-refractivity contribution in [2.45, 2.75) is 20.4 Å². The predicted molar refractivity (Wildman–Crippen MR) is 97.4 cm³/mol. The van der Waals surface area contributed by atoms with Crippen LogP contribution in [0.25, 0.3) is 10.4 Å². The lowest BCUT2D eigenvalue weighted by atomic mass is 10.1. The molecular weight excluding hydrogens is 336 g/mol. The fourth-order valence-electron chi connectivity index (χ4n) is 3.37. The van der Waals surface area contributed by atoms with Gasteiger partial charge in [0, 0.05) is 28.4 Å². The Hall–Kier alpha value is -2.73. The van der Waals surface area contributed by atoms with Crippen LogP contribution in [-0.2, 0) is 6.54 Å². The molecule has 0 fully saturated rings. The maximum atomic E-state index is 12.1. The number of nitrogens with zero attached hydrogens (tertiary/aromatic N) is 1. The van der Waals surface area contributed by atoms with Crippen LogP contribution in [0.2, 0.25) is 0 Å². The molecule has 0 bridgehead atoms. The highest BCUT2D eigenvalue weighted by Gasteiger charge is 2.23. The van der Waals surface area contributed by atoms with E-state index in [9.17, 15) is 4.79 Å². The summed E-state index contributed by atoms with van der Waals surface area (Å²) in [4.78, 5) is 13.1. The summed E-state index contributed by atoms with van der Waals surface area (Å²) in [5.74, 6) is 1.13. The Labute approximate surface area is 149 Å². The van der Waals surface area contributed by atoms with Gasteiger partial charge in [0.25, 0.3) is 5.91 Å². The van der Waals surface area contributed by atoms with E-state index in [4.69, 9.17) is 15.2 Å². The van der Waals surface area contributed by atoms with Gasteiger partial charge in [-0.15, -0.1) is 11.3 Å². The molecule has 0 unspecified atom stereocenters. The molecule has 1 aliphatic rings. The van der Waals surface area contributed by atoms with Gasteiger partial charge in [0.05, 0.1) is 5.56 Å². The first kappa shape index (κ1) is 15.8. The van der Waals surface area contributed by atoms with E-state index in [2.05, 4.69) is 4.57 Å². The van der Waals surface area contributed by atoms with Crippen LogP contribution in [0, 0.1) is 13.8 Å². The number of ether oxygens (including phenoxy) is 2. The number of hydrogen-bond donors (Lipinski definition) is 1. The van der Waals surface area contributed by atoms with Crippen LogP contribution in [0.1, 0.15) is 27.3 Å². The Morgan fingerprint density at radius 1 is 1.20 bits per heavy atom. The van der Waals surface area contributed by atoms with Crippen LogP contribution in [0.3, 0.4) is 0 Å². The quantitative estimate of drug-likeness (QED) is 0.777. The highest BCUT2D eigenvalue weighted by Crippen LogP contribution is 2.37. The van der Waals surface area contributed by atoms with Crippen LogP contribution < -0.4 is 15.2 Å². The SMILES string of the molecule is Cc1c(C(N)=O)c(-c2cccs2)c(C)n1Cc1ccc2c(c1)OCO2. The van der Waals surface area contributed by atoms with Gasteiger partial charge in [-0.25, -0.2) is 0 Å². The topological polar surface area (TPSA) is 66.5 Å². The van der Waals surface area contributed by atoms with Crippen LogP contribution in [0.15, 0.2) is 35.7 Å². The minimum atomic E-state index is -0.395. The summed E-state index contributed by atoms with van der Waals surface area (Å²) in [6.45, 7) is 4.87. The van der Waals surface area contributed by atoms with E-state index in [1.54, 1.807) is 11.3 Å². The Morgan fingerprint density at radius 2 is 2.00 bits per heavy atom. The zero-order valence-electron chi connectivity index (χ0n) is 14.0. The summed E-state index contributed by atoms with van der Waals surface area (Å²) in [5, 5.41) is 2.00. The van der Waals surface area contributed by atoms with Crippen molar-refractivity contribution >= 4 is 17.2 Å². The van der Waals surface area contributed by atoms with E-state index >= 15 is 0 Å². The summed E-state index contributed by atoms with van der Waals surface area (Å²) in [6.07, 6.45) is 0. The molecule has 1 amide bonds. The molecule has 0 atom stereocenters. The molecule has 1 aromatic carbocycles. The van der Waals surface area contributed by atoms with Crippen molar-refractivity contribution in [3.63, 3.8) is 0 Å². The third-order valence-electron chi connectivity index (χ3n) is 4.58. The second kappa shape index (κ2) is 5.97. The van der Waals surface area contributed by atoms with E-state index in [1.165, 1.54) is 0 Å². The molecule has 0 radical (unpaired) electrons. The lowest BCUT2D eigenvalue weighted by Crippen LogP contribution is -2.13. The number of amides is 1. The van der Waals surface area contributed by atoms with Crippen molar-refractivity contribution in [2.75, 3.05) is 6.79 Å². The average molecular weight is 354 g/mol. The minimum absolute atomic E-state index is 0.259. The van der Waals surface area contributed by atoms with Crippen molar-refractivity contribution in [2.24, 2.45) is 5.73 Å². The summed E-state index contributed by atoms with van der Waals surface area (Å²) in [7, 11) is 0. The van der Waals surface area contributed by atoms with Gasteiger partial charge in [-0.3, -0.25) is 4.79 Å². The molecule has 0 saturated carbocycles. The molecule has 1 aliphatic heterocycles. The molecule has 0 saturated heterocycles. The molecule has 25 heavy (non-hydrogen) atoms. The molecule has 2 aromatic heterocycles. The first-order valence-corrected chi connectivity index (χ1v) is 8.86. The predicted octanol–water partition coefficient (Wildman–Crippen LogP) is 3.71. The molecule has 3 aromatic rings. The van der Waals surface area contributed by atoms with E-state index in [-0.39, 0.29) is 6.79 Å². The average Bonchev–Trinajstić information content (AvgIpc) is 3.30. The van der Waals surface area contributed by atoms with Gasteiger partial charge < -0.3 is 19.8 Å². The van der Waals surface area contributed by atoms with Crippen molar-refractivity contribution in [3.05, 3.63) is 58.2 Å². The Morgan fingerprint density at radius 3 is 2.72 bits per heavy atom. The number of hydrogen-bond acceptors (Lipinski definition) is 4. The molecule has 2 N–H and O–H groups in total. The monoisotopic (exact) mass is 354 g/mol. The number of rotatable bonds is 4. The number of aromatic nitrogens is 1. The van der Waals surface area contributed by atoms with Crippen molar-refractivity contribution < 1.29 is 14.3 Å². The third-order valence-corrected chi connectivity index (χ3v) is 5.46. The first-order valence-electron chi connectivity index (χ1n) is 7.98. The molecule has 6 heteroatoms. The van der Waals surface area contributed by atoms with E-state index in [0.29, 0.717) is 12.1 Å². The molecular formula is C19H18N2O3S. The van der Waals surface area contributed by atoms with Gasteiger partial charge in [0.2, 0.25) is 6.79 Å². The summed E-state index contributed by atoms with van der Waals surface area (Å²) < 4.78 is 13.0. The van der Waals surface area contributed by atoms with E-state index in [0.717, 1.165) is 38.9 Å². The van der Waals surface area contributed by atoms with Crippen LogP contribution in [-0.4, -0.2) is 17.3 Å². The lowest BCUT2D eigenvalue weighted by Gasteiger charge is -2.10. The summed E-state index contributed by atoms with van der Waals surface area (Å²) in [6, 6.07) is 9.91. The molecule has 0 aliphatic carbocycles. The Bertz CT molecular complexity index is 958. The highest BCUT2D eigenvalue weighted by molar-refractivity contribution is 7.13. The van der Waals surface area contributed by atoms with Crippen LogP contribution in [0.5, 0.6) is 11.5 Å². The van der Waals surface area contributed by atoms with Crippen LogP contribution >= 0.6 is 11.3 Å². The number of carbonyl (C=O) groups excluding carboxylic acids is 1. The zero-order valence-corrected chi connectivity index (χ0v) is 14.9. The fourth-order valence-corrected chi connectivity index (χ4v) is 4.19. The van der Waals surface area contributed by atoms with Crippen LogP contribution in [0.4, 0.5) is 0 Å². The molecule has 5 nitrogen and oxygen atoms in total. The number of fused-ring (bicyclic) bond motifs is 1. The number of thiophene rings is 1. The van der Waals surface area contributed by atoms with E-state index < -0.39 is 5.91 Å². The van der Waals surface area contributed by atoms with Gasteiger partial charge in [-0.05, 0) is 43.0 Å². The van der Waals surface area contributed by atoms with Gasteiger partial charge in [0.1, 0.15) is 0 Å². The summed E-state index contributed by atoms with van der Waals surface area (Å²) >= 11 is 1.61. The Balaban J connectivity index is 1.80. The van der Waals surface area contributed by atoms with Gasteiger partial charge in [-0.1, -0.05) is 12.1 Å². The molecule has 0 spiro atoms. The number of primary amides is 1. The smallest absolute Gasteiger partial charge is 0.251 e. The molecule has 4 rings (SSSR count). The minimum Gasteiger partial charge on any atom is -0.454 e. The van der Waals surface area contributed by atoms with E-state index in [1.807, 2.05) is 49.6 Å². The molecule has 3 heterocycles. The highest BCUT2D eigenvalue weighted by atomic mass is 32.1. The molecule has 128 valence electrons.